The van der Waals surface area contributed by atoms with Crippen molar-refractivity contribution in [2.75, 3.05) is 0 Å². The molecule has 0 rings (SSSR count). The Balaban J connectivity index is 0. The Hall–Kier alpha value is -0.360. The standard InChI is InChI=1S/BF4.BF3/c2-1(3,4)5;2-1(3)4/q-1;. The molecule has 0 saturated heterocycles. The summed E-state index contributed by atoms with van der Waals surface area (Å²) in [4.78, 5) is 0. The molecule has 0 saturated carbocycles. The molecule has 0 spiro atoms. The van der Waals surface area contributed by atoms with Gasteiger partial charge in [0.1, 0.15) is 0 Å². The van der Waals surface area contributed by atoms with E-state index in [0.29, 0.717) is 0 Å². The van der Waals surface area contributed by atoms with Crippen LogP contribution in [0.15, 0.2) is 0 Å². The van der Waals surface area contributed by atoms with Gasteiger partial charge in [0.2, 0.25) is 0 Å². The lowest BCUT2D eigenvalue weighted by atomic mass is 10.3. The van der Waals surface area contributed by atoms with Gasteiger partial charge in [0.25, 0.3) is 0 Å². The highest BCUT2D eigenvalue weighted by atomic mass is 19.5. The average molecular weight is 155 g/mol. The molecule has 0 heterocycles. The number of halogens is 7. The Labute approximate surface area is 46.4 Å². The van der Waals surface area contributed by atoms with E-state index in [1.807, 2.05) is 0 Å². The third-order valence-corrected chi connectivity index (χ3v) is 0. The predicted molar refractivity (Wildman–Crippen MR) is 19.3 cm³/mol. The van der Waals surface area contributed by atoms with Crippen LogP contribution < -0.4 is 0 Å². The maximum Gasteiger partial charge on any atom is 0.762 e. The molecular formula is B2F7-. The van der Waals surface area contributed by atoms with Crippen LogP contribution in [0.2, 0.25) is 0 Å². The van der Waals surface area contributed by atoms with Gasteiger partial charge in [-0.25, -0.2) is 0 Å². The summed E-state index contributed by atoms with van der Waals surface area (Å²) in [5.74, 6) is 0. The third-order valence-electron chi connectivity index (χ3n) is 0. The topological polar surface area (TPSA) is 0 Å². The highest BCUT2D eigenvalue weighted by molar-refractivity contribution is 6.50. The van der Waals surface area contributed by atoms with Crippen molar-refractivity contribution in [2.24, 2.45) is 0 Å². The molecule has 0 N–H and O–H groups in total. The van der Waals surface area contributed by atoms with Gasteiger partial charge in [0.15, 0.2) is 0 Å². The van der Waals surface area contributed by atoms with Gasteiger partial charge < -0.3 is 17.3 Å². The van der Waals surface area contributed by atoms with Crippen LogP contribution in [0.25, 0.3) is 0 Å². The molecule has 0 bridgehead atoms. The molecule has 0 amide bonds. The van der Waals surface area contributed by atoms with Gasteiger partial charge in [-0.3, -0.25) is 12.9 Å². The fourth-order valence-corrected chi connectivity index (χ4v) is 0. The Morgan fingerprint density at radius 2 is 0.778 bits per heavy atom. The molecule has 0 aliphatic rings. The molecule has 0 aromatic heterocycles. The second-order valence-corrected chi connectivity index (χ2v) is 0.742. The number of hydrogen-bond acceptors (Lipinski definition) is 0. The zero-order valence-corrected chi connectivity index (χ0v) is 3.80. The lowest BCUT2D eigenvalue weighted by Crippen LogP contribution is -2.02. The van der Waals surface area contributed by atoms with Gasteiger partial charge in [0.05, 0.1) is 0 Å². The van der Waals surface area contributed by atoms with Gasteiger partial charge in [-0.05, 0) is 0 Å². The molecule has 0 aliphatic heterocycles. The quantitative estimate of drug-likeness (QED) is 0.371. The number of rotatable bonds is 0. The van der Waals surface area contributed by atoms with Crippen LogP contribution >= 0.6 is 0 Å². The third kappa shape index (κ3) is 1870. The van der Waals surface area contributed by atoms with Crippen molar-refractivity contribution < 1.29 is 30.2 Å². The first-order chi connectivity index (χ1) is 3.73. The lowest BCUT2D eigenvalue weighted by molar-refractivity contribution is 0.368. The first-order valence-electron chi connectivity index (χ1n) is 1.53. The van der Waals surface area contributed by atoms with Crippen molar-refractivity contribution in [2.45, 2.75) is 0 Å². The van der Waals surface area contributed by atoms with Crippen LogP contribution in [0.4, 0.5) is 30.2 Å². The summed E-state index contributed by atoms with van der Waals surface area (Å²) >= 11 is 0. The molecule has 9 heteroatoms. The largest absolute Gasteiger partial charge is 0.762 e. The van der Waals surface area contributed by atoms with E-state index in [1.54, 1.807) is 0 Å². The minimum Gasteiger partial charge on any atom is -0.418 e. The highest BCUT2D eigenvalue weighted by Crippen LogP contribution is 2.06. The van der Waals surface area contributed by atoms with E-state index in [4.69, 9.17) is 0 Å². The molecule has 0 atom stereocenters. The molecule has 0 aromatic rings. The fourth-order valence-electron chi connectivity index (χ4n) is 0. The van der Waals surface area contributed by atoms with Crippen LogP contribution in [0.5, 0.6) is 0 Å². The lowest BCUT2D eigenvalue weighted by Gasteiger charge is -1.94. The molecular weight excluding hydrogens is 155 g/mol. The average Bonchev–Trinajstić information content (AvgIpc) is 1.19. The molecule has 0 aliphatic carbocycles. The van der Waals surface area contributed by atoms with E-state index in [1.165, 1.54) is 0 Å². The molecule has 0 radical (unpaired) electrons. The van der Waals surface area contributed by atoms with E-state index in [-0.39, 0.29) is 0 Å². The first kappa shape index (κ1) is 11.4. The van der Waals surface area contributed by atoms with Crippen LogP contribution in [0.1, 0.15) is 0 Å². The first-order valence-corrected chi connectivity index (χ1v) is 1.53. The van der Waals surface area contributed by atoms with Crippen molar-refractivity contribution in [1.29, 1.82) is 0 Å². The molecule has 56 valence electrons. The minimum atomic E-state index is -6.00. The van der Waals surface area contributed by atoms with E-state index in [0.717, 1.165) is 0 Å². The van der Waals surface area contributed by atoms with Crippen LogP contribution in [0, 0.1) is 0 Å². The van der Waals surface area contributed by atoms with Gasteiger partial charge in [0, 0.05) is 0 Å². The monoisotopic (exact) mass is 155 g/mol. The smallest absolute Gasteiger partial charge is 0.418 e. The van der Waals surface area contributed by atoms with Crippen LogP contribution in [0.3, 0.4) is 0 Å². The van der Waals surface area contributed by atoms with Crippen molar-refractivity contribution in [3.05, 3.63) is 0 Å². The van der Waals surface area contributed by atoms with E-state index < -0.39 is 14.8 Å². The Morgan fingerprint density at radius 3 is 0.778 bits per heavy atom. The Bertz CT molecular complexity index is 43.7. The molecule has 9 heavy (non-hydrogen) atoms. The zero-order chi connectivity index (χ0) is 8.08. The summed E-state index contributed by atoms with van der Waals surface area (Å²) in [7, 11) is -9.67. The van der Waals surface area contributed by atoms with Crippen LogP contribution in [-0.2, 0) is 0 Å². The van der Waals surface area contributed by atoms with E-state index in [9.17, 15) is 30.2 Å². The van der Waals surface area contributed by atoms with Crippen molar-refractivity contribution in [3.63, 3.8) is 0 Å². The van der Waals surface area contributed by atoms with E-state index in [2.05, 4.69) is 0 Å². The molecule has 0 nitrogen and oxygen atoms in total. The van der Waals surface area contributed by atoms with Gasteiger partial charge >= 0.3 is 14.8 Å². The molecule has 0 aromatic carbocycles. The van der Waals surface area contributed by atoms with Crippen LogP contribution in [-0.4, -0.2) is 14.8 Å². The summed E-state index contributed by atoms with van der Waals surface area (Å²) in [6, 6.07) is 0. The second kappa shape index (κ2) is 4.51. The van der Waals surface area contributed by atoms with Gasteiger partial charge in [-0.15, -0.1) is 0 Å². The summed E-state index contributed by atoms with van der Waals surface area (Å²) in [6.07, 6.45) is 0. The van der Waals surface area contributed by atoms with Gasteiger partial charge in [-0.1, -0.05) is 0 Å². The molecule has 0 fully saturated rings. The molecule has 0 unspecified atom stereocenters. The Kier molecular flexibility index (Phi) is 5.73. The van der Waals surface area contributed by atoms with Crippen molar-refractivity contribution in [1.82, 2.24) is 0 Å². The predicted octanol–water partition coefficient (Wildman–Crippen LogP) is 2.18. The van der Waals surface area contributed by atoms with Crippen molar-refractivity contribution in [3.8, 4) is 0 Å². The Morgan fingerprint density at radius 1 is 0.778 bits per heavy atom. The minimum absolute atomic E-state index is 3.67. The van der Waals surface area contributed by atoms with Crippen molar-refractivity contribution >= 4 is 14.8 Å². The maximum absolute atomic E-state index is 9.75. The highest BCUT2D eigenvalue weighted by Gasteiger charge is 2.20. The van der Waals surface area contributed by atoms with E-state index >= 15 is 0 Å². The summed E-state index contributed by atoms with van der Waals surface area (Å²) < 4.78 is 68.0. The summed E-state index contributed by atoms with van der Waals surface area (Å²) in [5.41, 5.74) is 0. The van der Waals surface area contributed by atoms with Gasteiger partial charge in [-0.2, -0.15) is 0 Å². The second-order valence-electron chi connectivity index (χ2n) is 0.742. The normalized spacial score (nSPS) is 9.67. The summed E-state index contributed by atoms with van der Waals surface area (Å²) in [6.45, 7) is 0. The fraction of sp³-hybridized carbons (Fsp3) is 0. The maximum atomic E-state index is 9.75. The SMILES string of the molecule is FB(F)F.F[B-](F)(F)F. The summed E-state index contributed by atoms with van der Waals surface area (Å²) in [5, 5.41) is 0. The number of hydrogen-bond donors (Lipinski definition) is 0. The zero-order valence-electron chi connectivity index (χ0n) is 3.80.